The SMILES string of the molecule is CC(OC(=O)c1cccnc1Sc1ccccc1)C(=O)Nc1ccc(S(N)(=O)=O)cc1. The van der Waals surface area contributed by atoms with Crippen molar-refractivity contribution in [2.24, 2.45) is 5.14 Å². The van der Waals surface area contributed by atoms with E-state index < -0.39 is 28.0 Å². The molecule has 0 aliphatic carbocycles. The highest BCUT2D eigenvalue weighted by atomic mass is 32.2. The van der Waals surface area contributed by atoms with Gasteiger partial charge in [0.25, 0.3) is 5.91 Å². The molecule has 0 spiro atoms. The number of amides is 1. The maximum Gasteiger partial charge on any atom is 0.341 e. The summed E-state index contributed by atoms with van der Waals surface area (Å²) in [6, 6.07) is 18.0. The minimum absolute atomic E-state index is 0.0787. The number of nitrogens with zero attached hydrogens (tertiary/aromatic N) is 1. The Kier molecular flexibility index (Phi) is 7.06. The fraction of sp³-hybridized carbons (Fsp3) is 0.0952. The van der Waals surface area contributed by atoms with Crippen LogP contribution in [0.5, 0.6) is 0 Å². The van der Waals surface area contributed by atoms with E-state index in [1.165, 1.54) is 43.0 Å². The predicted molar refractivity (Wildman–Crippen MR) is 116 cm³/mol. The number of rotatable bonds is 7. The van der Waals surface area contributed by atoms with Gasteiger partial charge in [0.15, 0.2) is 6.10 Å². The van der Waals surface area contributed by atoms with Gasteiger partial charge in [-0.1, -0.05) is 30.0 Å². The molecule has 0 saturated heterocycles. The van der Waals surface area contributed by atoms with Crippen molar-refractivity contribution in [1.29, 1.82) is 0 Å². The van der Waals surface area contributed by atoms with Crippen molar-refractivity contribution in [1.82, 2.24) is 4.98 Å². The van der Waals surface area contributed by atoms with Gasteiger partial charge in [0.1, 0.15) is 5.03 Å². The van der Waals surface area contributed by atoms with Gasteiger partial charge >= 0.3 is 5.97 Å². The average molecular weight is 458 g/mol. The molecule has 0 fully saturated rings. The maximum atomic E-state index is 12.6. The van der Waals surface area contributed by atoms with Gasteiger partial charge in [-0.05, 0) is 55.5 Å². The third kappa shape index (κ3) is 6.14. The molecule has 3 rings (SSSR count). The van der Waals surface area contributed by atoms with Crippen LogP contribution < -0.4 is 10.5 Å². The number of esters is 1. The molecule has 1 unspecified atom stereocenters. The van der Waals surface area contributed by atoms with Crippen LogP contribution in [-0.4, -0.2) is 31.4 Å². The lowest BCUT2D eigenvalue weighted by molar-refractivity contribution is -0.123. The summed E-state index contributed by atoms with van der Waals surface area (Å²) in [5.41, 5.74) is 0.579. The summed E-state index contributed by atoms with van der Waals surface area (Å²) in [5, 5.41) is 8.07. The molecule has 0 radical (unpaired) electrons. The predicted octanol–water partition coefficient (Wildman–Crippen LogP) is 3.06. The van der Waals surface area contributed by atoms with Crippen LogP contribution in [0.3, 0.4) is 0 Å². The highest BCUT2D eigenvalue weighted by Crippen LogP contribution is 2.28. The number of anilines is 1. The Bertz CT molecular complexity index is 1180. The van der Waals surface area contributed by atoms with E-state index in [-0.39, 0.29) is 10.5 Å². The number of nitrogens with two attached hydrogens (primary N) is 1. The third-order valence-electron chi connectivity index (χ3n) is 4.05. The normalized spacial score (nSPS) is 12.1. The number of ether oxygens (including phenoxy) is 1. The first kappa shape index (κ1) is 22.5. The Morgan fingerprint density at radius 2 is 1.71 bits per heavy atom. The molecule has 10 heteroatoms. The van der Waals surface area contributed by atoms with Crippen molar-refractivity contribution in [2.75, 3.05) is 5.32 Å². The van der Waals surface area contributed by atoms with Gasteiger partial charge < -0.3 is 10.1 Å². The van der Waals surface area contributed by atoms with E-state index in [0.29, 0.717) is 10.7 Å². The highest BCUT2D eigenvalue weighted by Gasteiger charge is 2.22. The number of pyridine rings is 1. The van der Waals surface area contributed by atoms with E-state index in [0.717, 1.165) is 4.90 Å². The zero-order valence-electron chi connectivity index (χ0n) is 16.4. The van der Waals surface area contributed by atoms with E-state index in [2.05, 4.69) is 10.3 Å². The van der Waals surface area contributed by atoms with Crippen LogP contribution in [0.4, 0.5) is 5.69 Å². The number of sulfonamides is 1. The van der Waals surface area contributed by atoms with Crippen LogP contribution in [0, 0.1) is 0 Å². The van der Waals surface area contributed by atoms with Crippen molar-refractivity contribution < 1.29 is 22.7 Å². The maximum absolute atomic E-state index is 12.6. The molecule has 31 heavy (non-hydrogen) atoms. The van der Waals surface area contributed by atoms with Crippen molar-refractivity contribution in [3.8, 4) is 0 Å². The number of aromatic nitrogens is 1. The number of carbonyl (C=O) groups is 2. The minimum Gasteiger partial charge on any atom is -0.449 e. The summed E-state index contributed by atoms with van der Waals surface area (Å²) in [5.74, 6) is -1.25. The van der Waals surface area contributed by atoms with E-state index in [9.17, 15) is 18.0 Å². The largest absolute Gasteiger partial charge is 0.449 e. The quantitative estimate of drug-likeness (QED) is 0.522. The van der Waals surface area contributed by atoms with Crippen LogP contribution in [-0.2, 0) is 19.6 Å². The first-order valence-corrected chi connectivity index (χ1v) is 11.4. The van der Waals surface area contributed by atoms with Crippen LogP contribution in [0.15, 0.2) is 87.7 Å². The smallest absolute Gasteiger partial charge is 0.341 e. The average Bonchev–Trinajstić information content (AvgIpc) is 2.74. The van der Waals surface area contributed by atoms with Crippen molar-refractivity contribution in [3.05, 3.63) is 78.5 Å². The number of hydrogen-bond acceptors (Lipinski definition) is 7. The molecular formula is C21H19N3O5S2. The zero-order chi connectivity index (χ0) is 22.4. The van der Waals surface area contributed by atoms with E-state index >= 15 is 0 Å². The number of primary sulfonamides is 1. The summed E-state index contributed by atoms with van der Waals surface area (Å²) in [4.78, 5) is 30.1. The topological polar surface area (TPSA) is 128 Å². The zero-order valence-corrected chi connectivity index (χ0v) is 18.0. The fourth-order valence-electron chi connectivity index (χ4n) is 2.48. The second-order valence-electron chi connectivity index (χ2n) is 6.38. The molecule has 2 aromatic carbocycles. The lowest BCUT2D eigenvalue weighted by atomic mass is 10.2. The van der Waals surface area contributed by atoms with Crippen molar-refractivity contribution in [3.63, 3.8) is 0 Å². The Morgan fingerprint density at radius 3 is 2.35 bits per heavy atom. The summed E-state index contributed by atoms with van der Waals surface area (Å²) in [7, 11) is -3.83. The molecule has 0 saturated carbocycles. The van der Waals surface area contributed by atoms with Crippen LogP contribution in [0.25, 0.3) is 0 Å². The lowest BCUT2D eigenvalue weighted by Crippen LogP contribution is -2.30. The Balaban J connectivity index is 1.66. The Labute approximate surface area is 183 Å². The number of carbonyl (C=O) groups excluding carboxylic acids is 2. The molecular weight excluding hydrogens is 438 g/mol. The molecule has 160 valence electrons. The summed E-state index contributed by atoms with van der Waals surface area (Å²) in [6.07, 6.45) is 0.476. The lowest BCUT2D eigenvalue weighted by Gasteiger charge is -2.15. The van der Waals surface area contributed by atoms with Gasteiger partial charge in [0, 0.05) is 16.8 Å². The highest BCUT2D eigenvalue weighted by molar-refractivity contribution is 7.99. The van der Waals surface area contributed by atoms with Gasteiger partial charge in [-0.25, -0.2) is 23.3 Å². The Hall–Kier alpha value is -3.21. The molecule has 1 amide bonds. The van der Waals surface area contributed by atoms with Crippen LogP contribution >= 0.6 is 11.8 Å². The Morgan fingerprint density at radius 1 is 1.03 bits per heavy atom. The van der Waals surface area contributed by atoms with Gasteiger partial charge in [-0.15, -0.1) is 0 Å². The molecule has 1 aromatic heterocycles. The van der Waals surface area contributed by atoms with Gasteiger partial charge in [-0.2, -0.15) is 0 Å². The molecule has 0 aliphatic heterocycles. The van der Waals surface area contributed by atoms with E-state index in [1.807, 2.05) is 30.3 Å². The molecule has 0 bridgehead atoms. The first-order valence-electron chi connectivity index (χ1n) is 9.06. The monoisotopic (exact) mass is 457 g/mol. The summed E-state index contributed by atoms with van der Waals surface area (Å²) >= 11 is 1.31. The van der Waals surface area contributed by atoms with Crippen LogP contribution in [0.2, 0.25) is 0 Å². The molecule has 8 nitrogen and oxygen atoms in total. The van der Waals surface area contributed by atoms with Gasteiger partial charge in [-0.3, -0.25) is 4.79 Å². The number of nitrogens with one attached hydrogen (secondary N) is 1. The second kappa shape index (κ2) is 9.73. The minimum atomic E-state index is -3.83. The number of benzene rings is 2. The fourth-order valence-corrected chi connectivity index (χ4v) is 3.88. The van der Waals surface area contributed by atoms with E-state index in [1.54, 1.807) is 18.3 Å². The van der Waals surface area contributed by atoms with Gasteiger partial charge in [0.2, 0.25) is 10.0 Å². The summed E-state index contributed by atoms with van der Waals surface area (Å²) in [6.45, 7) is 1.44. The van der Waals surface area contributed by atoms with Gasteiger partial charge in [0.05, 0.1) is 10.5 Å². The summed E-state index contributed by atoms with van der Waals surface area (Å²) < 4.78 is 27.9. The molecule has 1 atom stereocenters. The molecule has 3 aromatic rings. The molecule has 0 aliphatic rings. The van der Waals surface area contributed by atoms with Crippen molar-refractivity contribution >= 4 is 39.3 Å². The first-order chi connectivity index (χ1) is 14.7. The van der Waals surface area contributed by atoms with Crippen molar-refractivity contribution in [2.45, 2.75) is 27.8 Å². The van der Waals surface area contributed by atoms with E-state index in [4.69, 9.17) is 9.88 Å². The third-order valence-corrected chi connectivity index (χ3v) is 6.01. The van der Waals surface area contributed by atoms with Crippen LogP contribution in [0.1, 0.15) is 17.3 Å². The molecule has 3 N–H and O–H groups in total. The standard InChI is InChI=1S/C21H19N3O5S2/c1-14(19(25)24-15-9-11-17(12-10-15)31(22,27)28)29-21(26)18-8-5-13-23-20(18)30-16-6-3-2-4-7-16/h2-14H,1H3,(H,24,25)(H2,22,27,28). The molecule has 1 heterocycles. The second-order valence-corrected chi connectivity index (χ2v) is 9.00. The number of hydrogen-bond donors (Lipinski definition) is 2.